The van der Waals surface area contributed by atoms with E-state index in [1.54, 1.807) is 0 Å². The molecule has 0 radical (unpaired) electrons. The van der Waals surface area contributed by atoms with Gasteiger partial charge in [0.2, 0.25) is 0 Å². The van der Waals surface area contributed by atoms with Crippen molar-refractivity contribution in [2.45, 2.75) is 38.7 Å². The molecule has 1 aliphatic rings. The van der Waals surface area contributed by atoms with Crippen LogP contribution in [0.3, 0.4) is 0 Å². The maximum atomic E-state index is 10.2. The van der Waals surface area contributed by atoms with E-state index in [0.717, 1.165) is 32.5 Å². The number of aliphatic hydroxyl groups is 1. The Morgan fingerprint density at radius 2 is 1.89 bits per heavy atom. The van der Waals surface area contributed by atoms with Gasteiger partial charge in [-0.25, -0.2) is 0 Å². The second-order valence-electron chi connectivity index (χ2n) is 5.30. The van der Waals surface area contributed by atoms with Crippen LogP contribution in [0.4, 0.5) is 0 Å². The molecule has 100 valence electrons. The molecule has 0 aromatic heterocycles. The summed E-state index contributed by atoms with van der Waals surface area (Å²) in [4.78, 5) is 2.38. The highest BCUT2D eigenvalue weighted by Gasteiger charge is 2.42. The zero-order valence-electron chi connectivity index (χ0n) is 11.5. The Labute approximate surface area is 111 Å². The number of aliphatic hydroxyl groups excluding tert-OH is 1. The zero-order chi connectivity index (χ0) is 13.0. The second-order valence-corrected chi connectivity index (χ2v) is 5.30. The summed E-state index contributed by atoms with van der Waals surface area (Å²) in [5.41, 5.74) is 1.39. The Hall–Kier alpha value is -0.860. The number of hydrogen-bond acceptors (Lipinski definition) is 2. The van der Waals surface area contributed by atoms with Gasteiger partial charge in [-0.05, 0) is 43.3 Å². The van der Waals surface area contributed by atoms with Crippen molar-refractivity contribution in [3.63, 3.8) is 0 Å². The summed E-state index contributed by atoms with van der Waals surface area (Å²) in [7, 11) is 0. The van der Waals surface area contributed by atoms with Gasteiger partial charge in [-0.3, -0.25) is 0 Å². The average Bonchev–Trinajstić information content (AvgIpc) is 3.21. The van der Waals surface area contributed by atoms with Crippen LogP contribution in [0.1, 0.15) is 38.2 Å². The van der Waals surface area contributed by atoms with Gasteiger partial charge in [0.1, 0.15) is 0 Å². The van der Waals surface area contributed by atoms with Crippen LogP contribution < -0.4 is 0 Å². The molecule has 0 bridgehead atoms. The molecule has 2 heteroatoms. The first-order valence-corrected chi connectivity index (χ1v) is 7.21. The minimum atomic E-state index is -0.129. The van der Waals surface area contributed by atoms with Crippen molar-refractivity contribution in [1.82, 2.24) is 4.90 Å². The van der Waals surface area contributed by atoms with Gasteiger partial charge < -0.3 is 10.0 Å². The summed E-state index contributed by atoms with van der Waals surface area (Å²) in [6.07, 6.45) is 1.94. The molecule has 1 aromatic rings. The molecular formula is C16H25NO. The van der Waals surface area contributed by atoms with E-state index in [0.29, 0.717) is 11.8 Å². The van der Waals surface area contributed by atoms with Crippen LogP contribution in [-0.2, 0) is 0 Å². The SMILES string of the molecule is CCN(CC)CCC(O)C1CC1c1ccccc1. The predicted octanol–water partition coefficient (Wildman–Crippen LogP) is 2.88. The second kappa shape index (κ2) is 6.35. The molecule has 3 unspecified atom stereocenters. The van der Waals surface area contributed by atoms with Gasteiger partial charge in [0.25, 0.3) is 0 Å². The third-order valence-electron chi connectivity index (χ3n) is 4.20. The summed E-state index contributed by atoms with van der Waals surface area (Å²) in [6.45, 7) is 7.54. The van der Waals surface area contributed by atoms with Gasteiger partial charge in [-0.15, -0.1) is 0 Å². The highest BCUT2D eigenvalue weighted by atomic mass is 16.3. The fraction of sp³-hybridized carbons (Fsp3) is 0.625. The largest absolute Gasteiger partial charge is 0.393 e. The van der Waals surface area contributed by atoms with Gasteiger partial charge in [0.05, 0.1) is 6.10 Å². The Bertz CT molecular complexity index is 347. The van der Waals surface area contributed by atoms with Crippen LogP contribution in [-0.4, -0.2) is 35.7 Å². The predicted molar refractivity (Wildman–Crippen MR) is 75.7 cm³/mol. The van der Waals surface area contributed by atoms with Crippen LogP contribution in [0.25, 0.3) is 0 Å². The zero-order valence-corrected chi connectivity index (χ0v) is 11.5. The van der Waals surface area contributed by atoms with Crippen LogP contribution in [0, 0.1) is 5.92 Å². The highest BCUT2D eigenvalue weighted by molar-refractivity contribution is 5.26. The summed E-state index contributed by atoms with van der Waals surface area (Å²) in [6, 6.07) is 10.6. The number of rotatable bonds is 7. The van der Waals surface area contributed by atoms with E-state index >= 15 is 0 Å². The summed E-state index contributed by atoms with van der Waals surface area (Å²) < 4.78 is 0. The smallest absolute Gasteiger partial charge is 0.0586 e. The lowest BCUT2D eigenvalue weighted by Gasteiger charge is -2.20. The minimum absolute atomic E-state index is 0.129. The third kappa shape index (κ3) is 3.33. The lowest BCUT2D eigenvalue weighted by Crippen LogP contribution is -2.27. The quantitative estimate of drug-likeness (QED) is 0.801. The molecule has 0 amide bonds. The average molecular weight is 247 g/mol. The summed E-state index contributed by atoms with van der Waals surface area (Å²) >= 11 is 0. The monoisotopic (exact) mass is 247 g/mol. The molecular weight excluding hydrogens is 222 g/mol. The maximum Gasteiger partial charge on any atom is 0.0586 e. The highest BCUT2D eigenvalue weighted by Crippen LogP contribution is 2.50. The molecule has 2 rings (SSSR count). The van der Waals surface area contributed by atoms with Crippen molar-refractivity contribution in [1.29, 1.82) is 0 Å². The van der Waals surface area contributed by atoms with Crippen LogP contribution in [0.15, 0.2) is 30.3 Å². The fourth-order valence-electron chi connectivity index (χ4n) is 2.79. The Morgan fingerprint density at radius 3 is 2.50 bits per heavy atom. The number of hydrogen-bond donors (Lipinski definition) is 1. The van der Waals surface area contributed by atoms with E-state index in [-0.39, 0.29) is 6.10 Å². The van der Waals surface area contributed by atoms with Crippen molar-refractivity contribution < 1.29 is 5.11 Å². The number of nitrogens with zero attached hydrogens (tertiary/aromatic N) is 1. The van der Waals surface area contributed by atoms with Crippen molar-refractivity contribution in [2.24, 2.45) is 5.92 Å². The molecule has 2 nitrogen and oxygen atoms in total. The molecule has 1 aliphatic carbocycles. The molecule has 0 heterocycles. The van der Waals surface area contributed by atoms with Crippen LogP contribution in [0.2, 0.25) is 0 Å². The lowest BCUT2D eigenvalue weighted by atomic mass is 10.0. The van der Waals surface area contributed by atoms with E-state index in [4.69, 9.17) is 0 Å². The molecule has 1 N–H and O–H groups in total. The van der Waals surface area contributed by atoms with E-state index in [2.05, 4.69) is 49.1 Å². The van der Waals surface area contributed by atoms with E-state index < -0.39 is 0 Å². The molecule has 0 spiro atoms. The Balaban J connectivity index is 1.77. The van der Waals surface area contributed by atoms with E-state index in [9.17, 15) is 5.11 Å². The first-order valence-electron chi connectivity index (χ1n) is 7.21. The topological polar surface area (TPSA) is 23.5 Å². The van der Waals surface area contributed by atoms with Gasteiger partial charge in [0.15, 0.2) is 0 Å². The molecule has 0 aliphatic heterocycles. The van der Waals surface area contributed by atoms with Crippen molar-refractivity contribution in [3.05, 3.63) is 35.9 Å². The van der Waals surface area contributed by atoms with E-state index in [1.807, 2.05) is 0 Å². The van der Waals surface area contributed by atoms with Crippen LogP contribution in [0.5, 0.6) is 0 Å². The van der Waals surface area contributed by atoms with Gasteiger partial charge in [-0.2, -0.15) is 0 Å². The molecule has 18 heavy (non-hydrogen) atoms. The Kier molecular flexibility index (Phi) is 4.79. The van der Waals surface area contributed by atoms with Gasteiger partial charge in [0, 0.05) is 6.54 Å². The molecule has 0 saturated heterocycles. The van der Waals surface area contributed by atoms with E-state index in [1.165, 1.54) is 5.56 Å². The number of benzene rings is 1. The molecule has 1 fully saturated rings. The Morgan fingerprint density at radius 1 is 1.22 bits per heavy atom. The minimum Gasteiger partial charge on any atom is -0.393 e. The maximum absolute atomic E-state index is 10.2. The van der Waals surface area contributed by atoms with Crippen molar-refractivity contribution in [3.8, 4) is 0 Å². The standard InChI is InChI=1S/C16H25NO/c1-3-17(4-2)11-10-16(18)15-12-14(15)13-8-6-5-7-9-13/h5-9,14-16,18H,3-4,10-12H2,1-2H3. The van der Waals surface area contributed by atoms with Crippen molar-refractivity contribution in [2.75, 3.05) is 19.6 Å². The molecule has 1 aromatic carbocycles. The third-order valence-corrected chi connectivity index (χ3v) is 4.20. The van der Waals surface area contributed by atoms with Gasteiger partial charge in [-0.1, -0.05) is 44.2 Å². The normalized spacial score (nSPS) is 24.2. The fourth-order valence-corrected chi connectivity index (χ4v) is 2.79. The summed E-state index contributed by atoms with van der Waals surface area (Å²) in [5.74, 6) is 1.08. The molecule has 1 saturated carbocycles. The first-order chi connectivity index (χ1) is 8.76. The van der Waals surface area contributed by atoms with Crippen molar-refractivity contribution >= 4 is 0 Å². The van der Waals surface area contributed by atoms with Crippen LogP contribution >= 0.6 is 0 Å². The lowest BCUT2D eigenvalue weighted by molar-refractivity contribution is 0.121. The first kappa shape index (κ1) is 13.6. The van der Waals surface area contributed by atoms with Gasteiger partial charge >= 0.3 is 0 Å². The summed E-state index contributed by atoms with van der Waals surface area (Å²) in [5, 5.41) is 10.2. The molecule has 3 atom stereocenters.